The van der Waals surface area contributed by atoms with E-state index in [1.54, 1.807) is 11.8 Å². The molecule has 0 saturated heterocycles. The van der Waals surface area contributed by atoms with Crippen molar-refractivity contribution in [3.63, 3.8) is 0 Å². The second kappa shape index (κ2) is 8.12. The summed E-state index contributed by atoms with van der Waals surface area (Å²) >= 11 is 5.19. The Labute approximate surface area is 146 Å². The highest BCUT2D eigenvalue weighted by Crippen LogP contribution is 2.30. The average Bonchev–Trinajstić information content (AvgIpc) is 2.90. The minimum absolute atomic E-state index is 0.250. The van der Waals surface area contributed by atoms with Gasteiger partial charge in [-0.25, -0.2) is 0 Å². The number of thioether (sulfide) groups is 1. The summed E-state index contributed by atoms with van der Waals surface area (Å²) in [7, 11) is 0. The van der Waals surface area contributed by atoms with Crippen LogP contribution in [0.1, 0.15) is 12.5 Å². The Morgan fingerprint density at radius 3 is 2.52 bits per heavy atom. The third-order valence-electron chi connectivity index (χ3n) is 3.23. The van der Waals surface area contributed by atoms with Crippen LogP contribution in [0.3, 0.4) is 0 Å². The molecule has 2 aromatic carbocycles. The number of aryl methyl sites for hydroxylation is 1. The Morgan fingerprint density at radius 2 is 1.87 bits per heavy atom. The second-order valence-electron chi connectivity index (χ2n) is 4.57. The first-order valence-corrected chi connectivity index (χ1v) is 8.72. The van der Waals surface area contributed by atoms with Gasteiger partial charge in [-0.05, 0) is 45.6 Å². The monoisotopic (exact) mass is 393 g/mol. The number of hydrogen-bond donors (Lipinski definition) is 1. The fourth-order valence-corrected chi connectivity index (χ4v) is 3.53. The molecule has 23 heavy (non-hydrogen) atoms. The Hall–Kier alpha value is -1.86. The van der Waals surface area contributed by atoms with Crippen LogP contribution in [-0.2, 0) is 4.79 Å². The molecule has 1 heterocycles. The van der Waals surface area contributed by atoms with E-state index >= 15 is 0 Å². The first-order chi connectivity index (χ1) is 11.1. The number of benzene rings is 2. The predicted molar refractivity (Wildman–Crippen MR) is 96.4 cm³/mol. The third kappa shape index (κ3) is 3.73. The molecule has 0 fully saturated rings. The zero-order valence-corrected chi connectivity index (χ0v) is 15.1. The van der Waals surface area contributed by atoms with Crippen molar-refractivity contribution >= 4 is 44.9 Å². The Balaban J connectivity index is 0.000000595. The van der Waals surface area contributed by atoms with Crippen molar-refractivity contribution in [2.45, 2.75) is 19.0 Å². The summed E-state index contributed by atoms with van der Waals surface area (Å²) in [4.78, 5) is 8.36. The summed E-state index contributed by atoms with van der Waals surface area (Å²) in [5.74, 6) is 0.967. The normalized spacial score (nSPS) is 10.2. The van der Waals surface area contributed by atoms with Crippen LogP contribution in [0.4, 0.5) is 0 Å². The van der Waals surface area contributed by atoms with Crippen molar-refractivity contribution < 1.29 is 9.90 Å². The molecule has 5 nitrogen and oxygen atoms in total. The molecule has 120 valence electrons. The molecule has 0 saturated carbocycles. The van der Waals surface area contributed by atoms with Crippen molar-refractivity contribution in [2.24, 2.45) is 0 Å². The summed E-state index contributed by atoms with van der Waals surface area (Å²) < 4.78 is 2.80. The third-order valence-corrected chi connectivity index (χ3v) is 4.55. The van der Waals surface area contributed by atoms with E-state index in [1.807, 2.05) is 0 Å². The summed E-state index contributed by atoms with van der Waals surface area (Å²) in [6, 6.07) is 12.7. The summed E-state index contributed by atoms with van der Waals surface area (Å²) in [6.45, 7) is 4.00. The molecule has 1 aromatic heterocycles. The first-order valence-electron chi connectivity index (χ1n) is 6.94. The lowest BCUT2D eigenvalue weighted by atomic mass is 10.0. The van der Waals surface area contributed by atoms with Crippen LogP contribution in [0, 0.1) is 6.92 Å². The topological polar surface area (TPSA) is 68.0 Å². The van der Waals surface area contributed by atoms with Crippen LogP contribution in [0.2, 0.25) is 0 Å². The first kappa shape index (κ1) is 17.5. The van der Waals surface area contributed by atoms with Crippen molar-refractivity contribution in [3.8, 4) is 5.69 Å². The minimum atomic E-state index is -0.250. The molecule has 0 atom stereocenters. The van der Waals surface area contributed by atoms with E-state index < -0.39 is 0 Å². The molecular formula is C16H16BrN3O2S. The van der Waals surface area contributed by atoms with E-state index in [4.69, 9.17) is 9.90 Å². The molecule has 0 spiro atoms. The van der Waals surface area contributed by atoms with E-state index in [9.17, 15) is 0 Å². The van der Waals surface area contributed by atoms with Crippen molar-refractivity contribution in [1.29, 1.82) is 0 Å². The summed E-state index contributed by atoms with van der Waals surface area (Å²) in [5.41, 5.74) is 2.39. The molecule has 1 N–H and O–H groups in total. The summed E-state index contributed by atoms with van der Waals surface area (Å²) in [5, 5.41) is 18.7. The maximum atomic E-state index is 8.36. The van der Waals surface area contributed by atoms with E-state index in [1.165, 1.54) is 16.3 Å². The van der Waals surface area contributed by atoms with Gasteiger partial charge >= 0.3 is 0 Å². The number of aromatic nitrogens is 3. The van der Waals surface area contributed by atoms with E-state index in [2.05, 4.69) is 80.9 Å². The number of nitrogens with zero attached hydrogens (tertiary/aromatic N) is 3. The SMILES string of the molecule is CCSc1nnc(Br)n1-c1ccc(C)c2ccccc12.O=CO. The van der Waals surface area contributed by atoms with Crippen LogP contribution in [0.15, 0.2) is 46.3 Å². The van der Waals surface area contributed by atoms with Gasteiger partial charge in [-0.3, -0.25) is 9.36 Å². The molecule has 0 unspecified atom stereocenters. The molecule has 0 aliphatic carbocycles. The van der Waals surface area contributed by atoms with Gasteiger partial charge in [-0.1, -0.05) is 49.0 Å². The van der Waals surface area contributed by atoms with Crippen LogP contribution < -0.4 is 0 Å². The van der Waals surface area contributed by atoms with Gasteiger partial charge in [0.2, 0.25) is 4.73 Å². The van der Waals surface area contributed by atoms with Gasteiger partial charge in [0.25, 0.3) is 6.47 Å². The molecule has 3 rings (SSSR count). The lowest BCUT2D eigenvalue weighted by Crippen LogP contribution is -1.99. The Bertz CT molecular complexity index is 820. The van der Waals surface area contributed by atoms with Gasteiger partial charge in [-0.15, -0.1) is 10.2 Å². The second-order valence-corrected chi connectivity index (χ2v) is 6.51. The summed E-state index contributed by atoms with van der Waals surface area (Å²) in [6.07, 6.45) is 0. The Morgan fingerprint density at radius 1 is 1.22 bits per heavy atom. The molecule has 7 heteroatoms. The number of carboxylic acid groups (broad SMARTS) is 1. The van der Waals surface area contributed by atoms with Gasteiger partial charge in [-0.2, -0.15) is 0 Å². The number of rotatable bonds is 3. The lowest BCUT2D eigenvalue weighted by Gasteiger charge is -2.12. The average molecular weight is 394 g/mol. The standard InChI is InChI=1S/C15H14BrN3S.CH2O2/c1-3-20-15-18-17-14(16)19(15)13-9-8-10(2)11-6-4-5-7-12(11)13;2-1-3/h4-9H,3H2,1-2H3;1H,(H,2,3). The van der Waals surface area contributed by atoms with Crippen LogP contribution in [0.5, 0.6) is 0 Å². The molecular weight excluding hydrogens is 378 g/mol. The highest BCUT2D eigenvalue weighted by molar-refractivity contribution is 9.10. The van der Waals surface area contributed by atoms with Crippen molar-refractivity contribution in [2.75, 3.05) is 5.75 Å². The van der Waals surface area contributed by atoms with Crippen molar-refractivity contribution in [1.82, 2.24) is 14.8 Å². The highest BCUT2D eigenvalue weighted by atomic mass is 79.9. The van der Waals surface area contributed by atoms with Gasteiger partial charge in [0.05, 0.1) is 5.69 Å². The predicted octanol–water partition coefficient (Wildman–Crippen LogP) is 4.30. The van der Waals surface area contributed by atoms with Crippen LogP contribution in [0.25, 0.3) is 16.5 Å². The zero-order chi connectivity index (χ0) is 16.8. The fourth-order valence-electron chi connectivity index (χ4n) is 2.31. The number of hydrogen-bond acceptors (Lipinski definition) is 4. The molecule has 0 aliphatic heterocycles. The zero-order valence-electron chi connectivity index (χ0n) is 12.7. The number of fused-ring (bicyclic) bond motifs is 1. The molecule has 0 bridgehead atoms. The minimum Gasteiger partial charge on any atom is -0.483 e. The maximum absolute atomic E-state index is 8.36. The largest absolute Gasteiger partial charge is 0.483 e. The van der Waals surface area contributed by atoms with Gasteiger partial charge in [0, 0.05) is 5.39 Å². The maximum Gasteiger partial charge on any atom is 0.290 e. The highest BCUT2D eigenvalue weighted by Gasteiger charge is 2.14. The molecule has 3 aromatic rings. The lowest BCUT2D eigenvalue weighted by molar-refractivity contribution is -0.122. The number of carbonyl (C=O) groups is 1. The van der Waals surface area contributed by atoms with Crippen LogP contribution in [-0.4, -0.2) is 32.1 Å². The smallest absolute Gasteiger partial charge is 0.290 e. The number of halogens is 1. The fraction of sp³-hybridized carbons (Fsp3) is 0.188. The van der Waals surface area contributed by atoms with Gasteiger partial charge in [0.1, 0.15) is 0 Å². The van der Waals surface area contributed by atoms with E-state index in [0.717, 1.165) is 21.3 Å². The van der Waals surface area contributed by atoms with Gasteiger partial charge < -0.3 is 5.11 Å². The van der Waals surface area contributed by atoms with Crippen LogP contribution >= 0.6 is 27.7 Å². The molecule has 0 amide bonds. The van der Waals surface area contributed by atoms with E-state index in [0.29, 0.717) is 0 Å². The van der Waals surface area contributed by atoms with Crippen molar-refractivity contribution in [3.05, 3.63) is 46.7 Å². The molecule has 0 radical (unpaired) electrons. The van der Waals surface area contributed by atoms with E-state index in [-0.39, 0.29) is 6.47 Å². The van der Waals surface area contributed by atoms with Gasteiger partial charge in [0.15, 0.2) is 5.16 Å². The Kier molecular flexibility index (Phi) is 6.18. The quantitative estimate of drug-likeness (QED) is 0.530. The molecule has 0 aliphatic rings.